The van der Waals surface area contributed by atoms with Crippen molar-refractivity contribution in [2.75, 3.05) is 0 Å². The normalized spacial score (nSPS) is 12.4. The Balaban J connectivity index is 1.70. The van der Waals surface area contributed by atoms with E-state index in [1.54, 1.807) is 17.4 Å². The van der Waals surface area contributed by atoms with Gasteiger partial charge in [0, 0.05) is 19.5 Å². The highest BCUT2D eigenvalue weighted by atomic mass is 32.1. The highest BCUT2D eigenvalue weighted by Gasteiger charge is 2.18. The number of rotatable bonds is 20. The van der Waals surface area contributed by atoms with Crippen LogP contribution >= 0.6 is 22.7 Å². The Morgan fingerprint density at radius 3 is 2.12 bits per heavy atom. The molecule has 0 aliphatic carbocycles. The van der Waals surface area contributed by atoms with Crippen molar-refractivity contribution in [3.05, 3.63) is 135 Å². The highest BCUT2D eigenvalue weighted by molar-refractivity contribution is 7.24. The molecule has 2 aromatic carbocycles. The van der Waals surface area contributed by atoms with Gasteiger partial charge in [0.2, 0.25) is 0 Å². The summed E-state index contributed by atoms with van der Waals surface area (Å²) in [5.41, 5.74) is 9.54. The predicted octanol–water partition coefficient (Wildman–Crippen LogP) is 14.3. The second-order valence-electron chi connectivity index (χ2n) is 13.5. The number of hydrogen-bond acceptors (Lipinski definition) is 4. The van der Waals surface area contributed by atoms with E-state index in [1.807, 2.05) is 29.6 Å². The van der Waals surface area contributed by atoms with Crippen LogP contribution in [0.5, 0.6) is 0 Å². The average molecular weight is 728 g/mol. The van der Waals surface area contributed by atoms with Crippen LogP contribution in [-0.4, -0.2) is 11.1 Å². The topological polar surface area (TPSA) is 61.1 Å². The van der Waals surface area contributed by atoms with Crippen LogP contribution in [0.4, 0.5) is 0 Å². The standard InChI is InChI=1S/C47H53NO2S2/c1-6-9-11-13-18-40-30-45(51-44(40)32-42(33-48)47(49)50)46-41(19-14-12-10-7-2)31-43(52-46)38-27-23-36(24-28-38)29-39(20-15-17-34(4)16-8-3)37-25-21-35(5)22-26-37/h8,15-17,21-32H,3,6-7,9-14,18-20H2,1-2,4-5H3,(H,49,50)/b17-15-,34-16-,39-29-,42-32-. The number of carbonyl (C=O) groups is 1. The molecule has 0 unspecified atom stereocenters. The zero-order valence-corrected chi connectivity index (χ0v) is 33.0. The minimum Gasteiger partial charge on any atom is -0.477 e. The number of allylic oxidation sites excluding steroid dienone is 6. The molecule has 0 aliphatic heterocycles. The maximum Gasteiger partial charge on any atom is 0.346 e. The molecule has 4 aromatic rings. The quantitative estimate of drug-likeness (QED) is 0.0324. The third-order valence-corrected chi connectivity index (χ3v) is 11.7. The number of unbranched alkanes of at least 4 members (excludes halogenated alkanes) is 6. The van der Waals surface area contributed by atoms with E-state index in [1.165, 1.54) is 68.8 Å². The molecule has 4 rings (SSSR count). The van der Waals surface area contributed by atoms with Crippen LogP contribution in [0.1, 0.15) is 111 Å². The molecule has 3 nitrogen and oxygen atoms in total. The lowest BCUT2D eigenvalue weighted by atomic mass is 9.98. The third kappa shape index (κ3) is 12.0. The van der Waals surface area contributed by atoms with Crippen molar-refractivity contribution in [2.45, 2.75) is 98.3 Å². The maximum atomic E-state index is 11.8. The highest BCUT2D eigenvalue weighted by Crippen LogP contribution is 2.44. The molecule has 52 heavy (non-hydrogen) atoms. The van der Waals surface area contributed by atoms with Gasteiger partial charge in [-0.25, -0.2) is 4.79 Å². The summed E-state index contributed by atoms with van der Waals surface area (Å²) in [4.78, 5) is 16.3. The van der Waals surface area contributed by atoms with E-state index in [0.29, 0.717) is 0 Å². The molecule has 0 saturated carbocycles. The molecule has 0 atom stereocenters. The summed E-state index contributed by atoms with van der Waals surface area (Å²) < 4.78 is 0. The minimum atomic E-state index is -1.18. The lowest BCUT2D eigenvalue weighted by Gasteiger charge is -2.08. The minimum absolute atomic E-state index is 0.217. The summed E-state index contributed by atoms with van der Waals surface area (Å²) in [6, 6.07) is 24.2. The Hall–Kier alpha value is -4.50. The van der Waals surface area contributed by atoms with Gasteiger partial charge in [-0.15, -0.1) is 22.7 Å². The number of aryl methyl sites for hydroxylation is 3. The molecule has 2 aromatic heterocycles. The largest absolute Gasteiger partial charge is 0.477 e. The summed E-state index contributed by atoms with van der Waals surface area (Å²) in [7, 11) is 0. The van der Waals surface area contributed by atoms with E-state index in [2.05, 4.69) is 113 Å². The van der Waals surface area contributed by atoms with Crippen molar-refractivity contribution in [2.24, 2.45) is 0 Å². The van der Waals surface area contributed by atoms with Crippen LogP contribution in [0.25, 0.3) is 37.9 Å². The number of thiophene rings is 2. The van der Waals surface area contributed by atoms with Crippen molar-refractivity contribution < 1.29 is 9.90 Å². The first kappa shape index (κ1) is 40.3. The van der Waals surface area contributed by atoms with Crippen LogP contribution in [0, 0.1) is 18.3 Å². The lowest BCUT2D eigenvalue weighted by Crippen LogP contribution is -1.97. The van der Waals surface area contributed by atoms with Gasteiger partial charge in [0.1, 0.15) is 11.6 Å². The fourth-order valence-corrected chi connectivity index (χ4v) is 8.69. The lowest BCUT2D eigenvalue weighted by molar-refractivity contribution is -0.132. The molecule has 2 heterocycles. The van der Waals surface area contributed by atoms with Crippen LogP contribution in [0.3, 0.4) is 0 Å². The van der Waals surface area contributed by atoms with E-state index in [4.69, 9.17) is 0 Å². The Kier molecular flexibility index (Phi) is 16.4. The summed E-state index contributed by atoms with van der Waals surface area (Å²) in [6.07, 6.45) is 24.1. The first-order chi connectivity index (χ1) is 25.3. The molecule has 0 bridgehead atoms. The second kappa shape index (κ2) is 21.1. The van der Waals surface area contributed by atoms with Gasteiger partial charge >= 0.3 is 5.97 Å². The molecule has 0 aliphatic rings. The van der Waals surface area contributed by atoms with Gasteiger partial charge in [-0.05, 0) is 97.6 Å². The molecule has 0 spiro atoms. The number of aliphatic carboxylic acids is 1. The number of carboxylic acid groups (broad SMARTS) is 1. The molecular weight excluding hydrogens is 675 g/mol. The fourth-order valence-electron chi connectivity index (χ4n) is 6.18. The van der Waals surface area contributed by atoms with Crippen molar-refractivity contribution in [3.63, 3.8) is 0 Å². The molecule has 0 saturated heterocycles. The number of benzene rings is 2. The van der Waals surface area contributed by atoms with Gasteiger partial charge < -0.3 is 5.11 Å². The molecule has 0 radical (unpaired) electrons. The summed E-state index contributed by atoms with van der Waals surface area (Å²) in [5, 5.41) is 19.2. The van der Waals surface area contributed by atoms with Crippen LogP contribution in [0.2, 0.25) is 0 Å². The number of nitriles is 1. The van der Waals surface area contributed by atoms with Crippen molar-refractivity contribution in [1.29, 1.82) is 5.26 Å². The van der Waals surface area contributed by atoms with Crippen molar-refractivity contribution in [3.8, 4) is 26.3 Å². The van der Waals surface area contributed by atoms with Crippen LogP contribution < -0.4 is 0 Å². The monoisotopic (exact) mass is 727 g/mol. The first-order valence-electron chi connectivity index (χ1n) is 18.7. The summed E-state index contributed by atoms with van der Waals surface area (Å²) in [5.74, 6) is -1.18. The predicted molar refractivity (Wildman–Crippen MR) is 227 cm³/mol. The van der Waals surface area contributed by atoms with E-state index in [0.717, 1.165) is 65.8 Å². The zero-order chi connectivity index (χ0) is 37.3. The SMILES string of the molecule is C=C/C=C(C)\C=C/C/C(=C/c1ccc(-c2cc(CCCCCC)c(-c3cc(CCCCCC)c(/C=C(/C#N)C(=O)O)s3)s2)cc1)c1ccc(C)cc1. The average Bonchev–Trinajstić information content (AvgIpc) is 3.75. The second-order valence-corrected chi connectivity index (χ2v) is 15.6. The Bertz CT molecular complexity index is 1940. The Labute approximate surface area is 320 Å². The molecule has 270 valence electrons. The van der Waals surface area contributed by atoms with Crippen molar-refractivity contribution in [1.82, 2.24) is 0 Å². The van der Waals surface area contributed by atoms with Gasteiger partial charge in [-0.1, -0.05) is 149 Å². The van der Waals surface area contributed by atoms with Crippen molar-refractivity contribution >= 4 is 46.4 Å². The fraction of sp³-hybridized carbons (Fsp3) is 0.319. The number of carboxylic acids is 1. The van der Waals surface area contributed by atoms with Crippen LogP contribution in [0.15, 0.2) is 103 Å². The smallest absolute Gasteiger partial charge is 0.346 e. The van der Waals surface area contributed by atoms with E-state index >= 15 is 0 Å². The molecular formula is C47H53NO2S2. The molecule has 1 N–H and O–H groups in total. The van der Waals surface area contributed by atoms with E-state index in [9.17, 15) is 15.2 Å². The summed E-state index contributed by atoms with van der Waals surface area (Å²) >= 11 is 3.44. The number of hydrogen-bond donors (Lipinski definition) is 1. The van der Waals surface area contributed by atoms with Gasteiger partial charge in [-0.2, -0.15) is 5.26 Å². The van der Waals surface area contributed by atoms with E-state index in [-0.39, 0.29) is 5.57 Å². The number of nitrogens with zero attached hydrogens (tertiary/aromatic N) is 1. The summed E-state index contributed by atoms with van der Waals surface area (Å²) in [6.45, 7) is 12.5. The van der Waals surface area contributed by atoms with Gasteiger partial charge in [0.15, 0.2) is 0 Å². The van der Waals surface area contributed by atoms with Crippen LogP contribution in [-0.2, 0) is 17.6 Å². The van der Waals surface area contributed by atoms with E-state index < -0.39 is 5.97 Å². The molecule has 5 heteroatoms. The van der Waals surface area contributed by atoms with Gasteiger partial charge in [0.25, 0.3) is 0 Å². The third-order valence-electron chi connectivity index (χ3n) is 9.16. The van der Waals surface area contributed by atoms with Gasteiger partial charge in [-0.3, -0.25) is 0 Å². The molecule has 0 amide bonds. The molecule has 0 fully saturated rings. The maximum absolute atomic E-state index is 11.8. The van der Waals surface area contributed by atoms with Gasteiger partial charge in [0.05, 0.1) is 0 Å². The first-order valence-corrected chi connectivity index (χ1v) is 20.3. The Morgan fingerprint density at radius 2 is 1.50 bits per heavy atom. The zero-order valence-electron chi connectivity index (χ0n) is 31.3. The Morgan fingerprint density at radius 1 is 0.846 bits per heavy atom.